The first-order valence-corrected chi connectivity index (χ1v) is 8.57. The normalized spacial score (nSPS) is 13.6. The topological polar surface area (TPSA) is 17.1 Å². The molecule has 5 heteroatoms. The molecular formula is C17H14Cl4O. The number of halogens is 4. The highest BCUT2D eigenvalue weighted by molar-refractivity contribution is 6.33. The molecule has 0 saturated heterocycles. The van der Waals surface area contributed by atoms with Crippen molar-refractivity contribution in [3.63, 3.8) is 0 Å². The molecule has 1 nitrogen and oxygen atoms in total. The van der Waals surface area contributed by atoms with Crippen LogP contribution in [0.1, 0.15) is 23.0 Å². The molecule has 2 unspecified atom stereocenters. The van der Waals surface area contributed by atoms with Crippen LogP contribution in [0.3, 0.4) is 0 Å². The van der Waals surface area contributed by atoms with Crippen molar-refractivity contribution in [3.8, 4) is 0 Å². The molecule has 0 radical (unpaired) electrons. The molecule has 0 bridgehead atoms. The number of rotatable bonds is 6. The molecule has 0 aromatic heterocycles. The highest BCUT2D eigenvalue weighted by Gasteiger charge is 2.30. The van der Waals surface area contributed by atoms with Crippen LogP contribution in [-0.2, 0) is 4.79 Å². The SMILES string of the molecule is O=C(C(CCl)c1ccccc1Cl)C(CCl)c1ccccc1Cl. The van der Waals surface area contributed by atoms with E-state index in [1.165, 1.54) is 0 Å². The van der Waals surface area contributed by atoms with Crippen LogP contribution >= 0.6 is 46.4 Å². The van der Waals surface area contributed by atoms with E-state index in [1.807, 2.05) is 36.4 Å². The van der Waals surface area contributed by atoms with Gasteiger partial charge in [-0.1, -0.05) is 59.6 Å². The summed E-state index contributed by atoms with van der Waals surface area (Å²) in [4.78, 5) is 12.9. The molecule has 2 aromatic rings. The van der Waals surface area contributed by atoms with Gasteiger partial charge in [0.05, 0.1) is 11.8 Å². The van der Waals surface area contributed by atoms with E-state index in [0.29, 0.717) is 21.2 Å². The third-order valence-corrected chi connectivity index (χ3v) is 4.86. The summed E-state index contributed by atoms with van der Waals surface area (Å²) in [7, 11) is 0. The Balaban J connectivity index is 2.39. The molecule has 0 spiro atoms. The maximum absolute atomic E-state index is 12.9. The van der Waals surface area contributed by atoms with E-state index in [1.54, 1.807) is 12.1 Å². The van der Waals surface area contributed by atoms with Crippen LogP contribution in [0.2, 0.25) is 10.0 Å². The standard InChI is InChI=1S/C17H14Cl4O/c18-9-13(11-5-1-3-7-15(11)20)17(22)14(10-19)12-6-2-4-8-16(12)21/h1-8,13-14H,9-10H2. The van der Waals surface area contributed by atoms with E-state index in [2.05, 4.69) is 0 Å². The van der Waals surface area contributed by atoms with E-state index < -0.39 is 11.8 Å². The predicted octanol–water partition coefficient (Wildman–Crippen LogP) is 5.91. The second-order valence-corrected chi connectivity index (χ2v) is 6.29. The lowest BCUT2D eigenvalue weighted by molar-refractivity contribution is -0.121. The van der Waals surface area contributed by atoms with E-state index in [4.69, 9.17) is 46.4 Å². The molecule has 0 heterocycles. The zero-order chi connectivity index (χ0) is 16.1. The van der Waals surface area contributed by atoms with Gasteiger partial charge < -0.3 is 0 Å². The zero-order valence-corrected chi connectivity index (χ0v) is 14.6. The fraction of sp³-hybridized carbons (Fsp3) is 0.235. The summed E-state index contributed by atoms with van der Waals surface area (Å²) in [5, 5.41) is 1.04. The van der Waals surface area contributed by atoms with Crippen molar-refractivity contribution in [1.29, 1.82) is 0 Å². The molecule has 0 fully saturated rings. The Morgan fingerprint density at radius 3 is 1.45 bits per heavy atom. The van der Waals surface area contributed by atoms with Gasteiger partial charge in [-0.25, -0.2) is 0 Å². The maximum atomic E-state index is 12.9. The molecule has 0 saturated carbocycles. The number of ketones is 1. The fourth-order valence-corrected chi connectivity index (χ4v) is 3.55. The Kier molecular flexibility index (Phi) is 6.58. The van der Waals surface area contributed by atoms with Gasteiger partial charge in [0.15, 0.2) is 0 Å². The Morgan fingerprint density at radius 2 is 1.14 bits per heavy atom. The van der Waals surface area contributed by atoms with E-state index >= 15 is 0 Å². The second kappa shape index (κ2) is 8.21. The highest BCUT2D eigenvalue weighted by atomic mass is 35.5. The first kappa shape index (κ1) is 17.6. The molecule has 0 aliphatic rings. The summed E-state index contributed by atoms with van der Waals surface area (Å²) in [5.74, 6) is -0.835. The number of Topliss-reactive ketones (excluding diaryl/α,β-unsaturated/α-hetero) is 1. The van der Waals surface area contributed by atoms with Crippen molar-refractivity contribution in [2.45, 2.75) is 11.8 Å². The fourth-order valence-electron chi connectivity index (χ4n) is 2.38. The molecule has 116 valence electrons. The van der Waals surface area contributed by atoms with Crippen molar-refractivity contribution in [3.05, 3.63) is 69.7 Å². The number of hydrogen-bond acceptors (Lipinski definition) is 1. The van der Waals surface area contributed by atoms with Crippen LogP contribution < -0.4 is 0 Å². The summed E-state index contributed by atoms with van der Waals surface area (Å²) in [6.45, 7) is 0. The average molecular weight is 376 g/mol. The van der Waals surface area contributed by atoms with Gasteiger partial charge in [0.1, 0.15) is 5.78 Å². The summed E-state index contributed by atoms with van der Waals surface area (Å²) in [5.41, 5.74) is 1.43. The second-order valence-electron chi connectivity index (χ2n) is 4.86. The van der Waals surface area contributed by atoms with E-state index in [0.717, 1.165) is 0 Å². The predicted molar refractivity (Wildman–Crippen MR) is 94.8 cm³/mol. The molecule has 22 heavy (non-hydrogen) atoms. The van der Waals surface area contributed by atoms with Crippen LogP contribution in [-0.4, -0.2) is 17.5 Å². The molecule has 2 atom stereocenters. The van der Waals surface area contributed by atoms with Crippen molar-refractivity contribution in [1.82, 2.24) is 0 Å². The lowest BCUT2D eigenvalue weighted by Gasteiger charge is -2.21. The Labute approximate surface area is 150 Å². The van der Waals surface area contributed by atoms with Crippen molar-refractivity contribution in [2.75, 3.05) is 11.8 Å². The van der Waals surface area contributed by atoms with Gasteiger partial charge in [-0.15, -0.1) is 23.2 Å². The van der Waals surface area contributed by atoms with Gasteiger partial charge in [0.25, 0.3) is 0 Å². The first-order chi connectivity index (χ1) is 10.6. The van der Waals surface area contributed by atoms with Gasteiger partial charge in [-0.3, -0.25) is 4.79 Å². The Morgan fingerprint density at radius 1 is 0.773 bits per heavy atom. The monoisotopic (exact) mass is 374 g/mol. The highest BCUT2D eigenvalue weighted by Crippen LogP contribution is 2.34. The van der Waals surface area contributed by atoms with Crippen LogP contribution in [0, 0.1) is 0 Å². The molecule has 0 aliphatic heterocycles. The minimum Gasteiger partial charge on any atom is -0.298 e. The van der Waals surface area contributed by atoms with Crippen molar-refractivity contribution >= 4 is 52.2 Å². The molecule has 2 rings (SSSR count). The third-order valence-electron chi connectivity index (χ3n) is 3.56. The minimum absolute atomic E-state index is 0.0776. The van der Waals surface area contributed by atoms with Crippen LogP contribution in [0.5, 0.6) is 0 Å². The summed E-state index contributed by atoms with van der Waals surface area (Å²) < 4.78 is 0. The van der Waals surface area contributed by atoms with Crippen molar-refractivity contribution in [2.24, 2.45) is 0 Å². The summed E-state index contributed by atoms with van der Waals surface area (Å²) in [6, 6.07) is 14.4. The van der Waals surface area contributed by atoms with E-state index in [9.17, 15) is 4.79 Å². The molecule has 0 amide bonds. The number of hydrogen-bond donors (Lipinski definition) is 0. The molecule has 2 aromatic carbocycles. The summed E-state index contributed by atoms with van der Waals surface area (Å²) in [6.07, 6.45) is 0. The van der Waals surface area contributed by atoms with Crippen LogP contribution in [0.4, 0.5) is 0 Å². The Bertz CT molecular complexity index is 601. The Hall–Kier alpha value is -0.730. The zero-order valence-electron chi connectivity index (χ0n) is 11.6. The third kappa shape index (κ3) is 3.78. The van der Waals surface area contributed by atoms with Gasteiger partial charge in [-0.05, 0) is 23.3 Å². The average Bonchev–Trinajstić information content (AvgIpc) is 2.52. The smallest absolute Gasteiger partial charge is 0.150 e. The number of carbonyl (C=O) groups is 1. The largest absolute Gasteiger partial charge is 0.298 e. The number of carbonyl (C=O) groups excluding carboxylic acids is 1. The first-order valence-electron chi connectivity index (χ1n) is 6.74. The maximum Gasteiger partial charge on any atom is 0.150 e. The molecule has 0 N–H and O–H groups in total. The quantitative estimate of drug-likeness (QED) is 0.573. The number of alkyl halides is 2. The lowest BCUT2D eigenvalue weighted by Crippen LogP contribution is -2.23. The van der Waals surface area contributed by atoms with Gasteiger partial charge in [0, 0.05) is 21.8 Å². The minimum atomic E-state index is -0.518. The van der Waals surface area contributed by atoms with E-state index in [-0.39, 0.29) is 17.5 Å². The van der Waals surface area contributed by atoms with Crippen molar-refractivity contribution < 1.29 is 4.79 Å². The summed E-state index contributed by atoms with van der Waals surface area (Å²) >= 11 is 24.5. The van der Waals surface area contributed by atoms with Crippen LogP contribution in [0.25, 0.3) is 0 Å². The number of benzene rings is 2. The molecule has 0 aliphatic carbocycles. The van der Waals surface area contributed by atoms with Gasteiger partial charge in [-0.2, -0.15) is 0 Å². The molecular weight excluding hydrogens is 362 g/mol. The van der Waals surface area contributed by atoms with Gasteiger partial charge >= 0.3 is 0 Å². The van der Waals surface area contributed by atoms with Gasteiger partial charge in [0.2, 0.25) is 0 Å². The van der Waals surface area contributed by atoms with Crippen LogP contribution in [0.15, 0.2) is 48.5 Å². The lowest BCUT2D eigenvalue weighted by atomic mass is 9.85.